The van der Waals surface area contributed by atoms with Gasteiger partial charge in [-0.1, -0.05) is 86.8 Å². The van der Waals surface area contributed by atoms with E-state index in [-0.39, 0.29) is 57.1 Å². The third-order valence-corrected chi connectivity index (χ3v) is 6.21. The maximum Gasteiger partial charge on any atom is 1.00 e. The Labute approximate surface area is 251 Å². The summed E-state index contributed by atoms with van der Waals surface area (Å²) in [4.78, 5) is 35.2. The number of carboxylic acid groups (broad SMARTS) is 1. The maximum atomic E-state index is 12.0. The van der Waals surface area contributed by atoms with Crippen molar-refractivity contribution in [1.29, 1.82) is 0 Å². The van der Waals surface area contributed by atoms with Gasteiger partial charge in [0.15, 0.2) is 0 Å². The van der Waals surface area contributed by atoms with Gasteiger partial charge in [0.2, 0.25) is 0 Å². The van der Waals surface area contributed by atoms with Gasteiger partial charge in [-0.2, -0.15) is 0 Å². The Kier molecular flexibility index (Phi) is 29.1. The van der Waals surface area contributed by atoms with Gasteiger partial charge >= 0.3 is 35.5 Å². The molecule has 2 rings (SSSR count). The molecule has 1 aliphatic heterocycles. The van der Waals surface area contributed by atoms with Crippen LogP contribution in [0.15, 0.2) is 24.3 Å². The number of carboxylic acids is 1. The van der Waals surface area contributed by atoms with Crippen LogP contribution < -0.4 is 35.3 Å². The molecule has 0 fully saturated rings. The standard InChI is InChI=1S/C13H15NO2.C5H13N.C5H10O2.C5H12O.B.Na.H/c1-3-9(2)8-14-12(15)10-6-4-5-7-11(10)13(14)16;1-3-5(2)4-6;1-3-4(2)5(6)7;1-3-5(2)4-6;;;/h4-7,9H,3,8H2,1-2H3;5H,3-4,6H2,1-2H3;4H,3H2,1-2H3,(H,6,7);5-6H,3-4H2,1-2H3;;;/q;;;;;+1;-1/t9-;5-;4-;5-;;;/m0000.../s1. The molecule has 3 radical (unpaired) electrons. The van der Waals surface area contributed by atoms with E-state index in [4.69, 9.17) is 15.9 Å². The minimum absolute atomic E-state index is 0. The van der Waals surface area contributed by atoms with Crippen molar-refractivity contribution in [3.63, 3.8) is 0 Å². The molecule has 1 aromatic rings. The first-order valence-electron chi connectivity index (χ1n) is 12.9. The number of aliphatic hydroxyl groups is 1. The first kappa shape index (κ1) is 42.9. The van der Waals surface area contributed by atoms with Gasteiger partial charge in [0.25, 0.3) is 11.8 Å². The summed E-state index contributed by atoms with van der Waals surface area (Å²) in [6.07, 6.45) is 3.97. The number of aliphatic carboxylic acids is 1. The first-order valence-corrected chi connectivity index (χ1v) is 12.9. The maximum absolute atomic E-state index is 12.0. The molecular weight excluding hydrogens is 478 g/mol. The van der Waals surface area contributed by atoms with Crippen LogP contribution in [0.5, 0.6) is 0 Å². The fraction of sp³-hybridized carbons (Fsp3) is 0.679. The normalized spacial score (nSPS) is 14.4. The Balaban J connectivity index is -0.000000141. The number of benzene rings is 1. The summed E-state index contributed by atoms with van der Waals surface area (Å²) in [6.45, 7) is 17.7. The van der Waals surface area contributed by atoms with Crippen LogP contribution in [0.3, 0.4) is 0 Å². The van der Waals surface area contributed by atoms with E-state index in [1.807, 2.05) is 20.8 Å². The van der Waals surface area contributed by atoms with E-state index in [0.717, 1.165) is 25.8 Å². The SMILES string of the molecule is CC[C@H](C)C(=O)O.CC[C@H](C)CN.CC[C@H](C)CN1C(=O)c2ccccc2C1=O.CC[C@H](C)CO.[B].[H-].[Na+]. The number of imide groups is 1. The van der Waals surface area contributed by atoms with Gasteiger partial charge in [0.1, 0.15) is 0 Å². The van der Waals surface area contributed by atoms with Crippen molar-refractivity contribution < 1.29 is 55.6 Å². The van der Waals surface area contributed by atoms with E-state index in [9.17, 15) is 14.4 Å². The number of nitrogens with zero attached hydrogens (tertiary/aromatic N) is 1. The van der Waals surface area contributed by atoms with Crippen LogP contribution in [-0.2, 0) is 4.79 Å². The molecule has 0 saturated heterocycles. The molecule has 7 nitrogen and oxygen atoms in total. The molecule has 0 spiro atoms. The number of fused-ring (bicyclic) bond motifs is 1. The van der Waals surface area contributed by atoms with Gasteiger partial charge in [0, 0.05) is 21.6 Å². The second-order valence-corrected chi connectivity index (χ2v) is 9.37. The molecule has 0 aromatic heterocycles. The van der Waals surface area contributed by atoms with Crippen molar-refractivity contribution >= 4 is 26.2 Å². The summed E-state index contributed by atoms with van der Waals surface area (Å²) in [6, 6.07) is 7.01. The van der Waals surface area contributed by atoms with Gasteiger partial charge in [0.05, 0.1) is 17.0 Å². The fourth-order valence-electron chi connectivity index (χ4n) is 2.32. The predicted octanol–water partition coefficient (Wildman–Crippen LogP) is 2.20. The Morgan fingerprint density at radius 1 is 0.865 bits per heavy atom. The van der Waals surface area contributed by atoms with Crippen molar-refractivity contribution in [2.24, 2.45) is 29.4 Å². The zero-order chi connectivity index (χ0) is 27.6. The van der Waals surface area contributed by atoms with Gasteiger partial charge in [-0.05, 0) is 42.9 Å². The van der Waals surface area contributed by atoms with Crippen LogP contribution in [0.25, 0.3) is 0 Å². The molecule has 2 amide bonds. The number of aliphatic hydroxyl groups excluding tert-OH is 1. The monoisotopic (exact) mass is 529 g/mol. The number of nitrogens with two attached hydrogens (primary N) is 1. The largest absolute Gasteiger partial charge is 1.00 e. The Bertz CT molecular complexity index is 705. The van der Waals surface area contributed by atoms with Crippen LogP contribution in [0.4, 0.5) is 0 Å². The molecule has 1 heterocycles. The summed E-state index contributed by atoms with van der Waals surface area (Å²) in [5.41, 5.74) is 6.36. The summed E-state index contributed by atoms with van der Waals surface area (Å²) >= 11 is 0. The first-order chi connectivity index (χ1) is 16.4. The van der Waals surface area contributed by atoms with E-state index < -0.39 is 5.97 Å². The number of hydrogen-bond acceptors (Lipinski definition) is 5. The number of hydrogen-bond donors (Lipinski definition) is 3. The Morgan fingerprint density at radius 2 is 1.27 bits per heavy atom. The van der Waals surface area contributed by atoms with E-state index in [1.54, 1.807) is 31.2 Å². The van der Waals surface area contributed by atoms with Crippen molar-refractivity contribution in [2.75, 3.05) is 19.7 Å². The predicted molar refractivity (Wildman–Crippen MR) is 150 cm³/mol. The average Bonchev–Trinajstić information content (AvgIpc) is 3.12. The number of carbonyl (C=O) groups excluding carboxylic acids is 2. The van der Waals surface area contributed by atoms with Crippen LogP contribution in [0.1, 0.15) is 103 Å². The molecular formula is C28H51BN2NaO5. The molecule has 4 atom stereocenters. The van der Waals surface area contributed by atoms with Crippen molar-refractivity contribution in [3.8, 4) is 0 Å². The Morgan fingerprint density at radius 3 is 1.46 bits per heavy atom. The molecule has 0 aliphatic carbocycles. The molecule has 9 heteroatoms. The van der Waals surface area contributed by atoms with Crippen molar-refractivity contribution in [2.45, 2.75) is 81.1 Å². The molecule has 0 saturated carbocycles. The van der Waals surface area contributed by atoms with Crippen molar-refractivity contribution in [1.82, 2.24) is 4.90 Å². The van der Waals surface area contributed by atoms with Crippen LogP contribution >= 0.6 is 0 Å². The van der Waals surface area contributed by atoms with E-state index in [2.05, 4.69) is 27.7 Å². The zero-order valence-corrected chi connectivity index (χ0v) is 26.8. The quantitative estimate of drug-likeness (QED) is 0.333. The van der Waals surface area contributed by atoms with E-state index in [0.29, 0.717) is 42.0 Å². The summed E-state index contributed by atoms with van der Waals surface area (Å²) in [7, 11) is 0. The summed E-state index contributed by atoms with van der Waals surface area (Å²) in [5, 5.41) is 16.5. The molecule has 207 valence electrons. The molecule has 4 N–H and O–H groups in total. The number of rotatable bonds is 9. The van der Waals surface area contributed by atoms with Gasteiger partial charge in [-0.25, -0.2) is 0 Å². The molecule has 0 unspecified atom stereocenters. The minimum atomic E-state index is -0.706. The van der Waals surface area contributed by atoms with Crippen molar-refractivity contribution in [3.05, 3.63) is 35.4 Å². The summed E-state index contributed by atoms with van der Waals surface area (Å²) < 4.78 is 0. The second-order valence-electron chi connectivity index (χ2n) is 9.37. The van der Waals surface area contributed by atoms with Crippen LogP contribution in [0.2, 0.25) is 0 Å². The van der Waals surface area contributed by atoms with Gasteiger partial charge in [-0.3, -0.25) is 19.3 Å². The van der Waals surface area contributed by atoms with E-state index >= 15 is 0 Å². The third-order valence-electron chi connectivity index (χ3n) is 6.21. The minimum Gasteiger partial charge on any atom is -1.00 e. The summed E-state index contributed by atoms with van der Waals surface area (Å²) in [5.74, 6) is 0.363. The number of amides is 2. The molecule has 0 bridgehead atoms. The zero-order valence-electron chi connectivity index (χ0n) is 25.8. The number of carbonyl (C=O) groups is 3. The second kappa shape index (κ2) is 25.1. The molecule has 37 heavy (non-hydrogen) atoms. The topological polar surface area (TPSA) is 121 Å². The van der Waals surface area contributed by atoms with E-state index in [1.165, 1.54) is 11.3 Å². The smallest absolute Gasteiger partial charge is 1.00 e. The third kappa shape index (κ3) is 17.9. The fourth-order valence-corrected chi connectivity index (χ4v) is 2.32. The van der Waals surface area contributed by atoms with Crippen LogP contribution in [0, 0.1) is 23.7 Å². The molecule has 1 aromatic carbocycles. The van der Waals surface area contributed by atoms with Gasteiger partial charge in [-0.15, -0.1) is 0 Å². The average molecular weight is 530 g/mol. The van der Waals surface area contributed by atoms with Crippen LogP contribution in [-0.4, -0.2) is 61.0 Å². The molecule has 1 aliphatic rings. The van der Waals surface area contributed by atoms with Gasteiger partial charge < -0.3 is 17.4 Å². The Hall–Kier alpha value is -1.19.